The summed E-state index contributed by atoms with van der Waals surface area (Å²) in [5.74, 6) is 2.39. The Balaban J connectivity index is 1.73. The van der Waals surface area contributed by atoms with Crippen molar-refractivity contribution in [3.8, 4) is 11.5 Å². The number of hydrogen-bond acceptors (Lipinski definition) is 2. The molecule has 98 valence electrons. The molecule has 2 aromatic rings. The van der Waals surface area contributed by atoms with Crippen molar-refractivity contribution < 1.29 is 9.47 Å². The first-order chi connectivity index (χ1) is 9.34. The highest BCUT2D eigenvalue weighted by molar-refractivity contribution is 14.1. The fourth-order valence-electron chi connectivity index (χ4n) is 2.34. The van der Waals surface area contributed by atoms with Crippen molar-refractivity contribution in [2.24, 2.45) is 0 Å². The van der Waals surface area contributed by atoms with Crippen LogP contribution in [0.1, 0.15) is 17.9 Å². The normalized spacial score (nSPS) is 17.4. The third-order valence-corrected chi connectivity index (χ3v) is 4.25. The number of ether oxygens (including phenoxy) is 2. The van der Waals surface area contributed by atoms with Crippen LogP contribution in [-0.2, 0) is 0 Å². The summed E-state index contributed by atoms with van der Waals surface area (Å²) in [6, 6.07) is 16.4. The summed E-state index contributed by atoms with van der Waals surface area (Å²) in [7, 11) is 0. The molecule has 1 unspecified atom stereocenters. The zero-order valence-corrected chi connectivity index (χ0v) is 12.7. The maximum atomic E-state index is 5.97. The Morgan fingerprint density at radius 2 is 1.89 bits per heavy atom. The second-order valence-electron chi connectivity index (χ2n) is 4.61. The molecule has 1 aliphatic rings. The number of hydrogen-bond donors (Lipinski definition) is 0. The SMILES string of the molecule is Ic1ccccc1OCC1CCOc2ccccc21. The minimum Gasteiger partial charge on any atom is -0.493 e. The lowest BCUT2D eigenvalue weighted by atomic mass is 9.94. The number of fused-ring (bicyclic) bond motifs is 1. The molecule has 0 amide bonds. The van der Waals surface area contributed by atoms with Gasteiger partial charge in [0.25, 0.3) is 0 Å². The van der Waals surface area contributed by atoms with Gasteiger partial charge in [0, 0.05) is 11.5 Å². The third kappa shape index (κ3) is 2.86. The molecule has 0 fully saturated rings. The van der Waals surface area contributed by atoms with Crippen molar-refractivity contribution in [3.05, 3.63) is 57.7 Å². The molecular formula is C16H15IO2. The average Bonchev–Trinajstić information content (AvgIpc) is 2.46. The summed E-state index contributed by atoms with van der Waals surface area (Å²) in [5.41, 5.74) is 1.26. The molecule has 2 aromatic carbocycles. The minimum absolute atomic E-state index is 0.418. The summed E-state index contributed by atoms with van der Waals surface area (Å²) in [5, 5.41) is 0. The van der Waals surface area contributed by atoms with Crippen LogP contribution in [-0.4, -0.2) is 13.2 Å². The van der Waals surface area contributed by atoms with Crippen LogP contribution in [0.4, 0.5) is 0 Å². The van der Waals surface area contributed by atoms with Crippen LogP contribution in [0.25, 0.3) is 0 Å². The zero-order chi connectivity index (χ0) is 13.1. The number of rotatable bonds is 3. The van der Waals surface area contributed by atoms with Crippen molar-refractivity contribution in [1.29, 1.82) is 0 Å². The van der Waals surface area contributed by atoms with Gasteiger partial charge in [-0.3, -0.25) is 0 Å². The predicted octanol–water partition coefficient (Wildman–Crippen LogP) is 4.24. The Labute approximate surface area is 126 Å². The van der Waals surface area contributed by atoms with Gasteiger partial charge in [-0.2, -0.15) is 0 Å². The van der Waals surface area contributed by atoms with Crippen molar-refractivity contribution >= 4 is 22.6 Å². The van der Waals surface area contributed by atoms with Gasteiger partial charge in [-0.1, -0.05) is 30.3 Å². The molecular weight excluding hydrogens is 351 g/mol. The van der Waals surface area contributed by atoms with E-state index in [1.54, 1.807) is 0 Å². The van der Waals surface area contributed by atoms with Gasteiger partial charge in [-0.25, -0.2) is 0 Å². The van der Waals surface area contributed by atoms with Crippen LogP contribution in [0.15, 0.2) is 48.5 Å². The molecule has 0 saturated carbocycles. The van der Waals surface area contributed by atoms with Gasteiger partial charge < -0.3 is 9.47 Å². The Morgan fingerprint density at radius 3 is 2.79 bits per heavy atom. The molecule has 3 heteroatoms. The highest BCUT2D eigenvalue weighted by atomic mass is 127. The average molecular weight is 366 g/mol. The van der Waals surface area contributed by atoms with Crippen LogP contribution in [0.2, 0.25) is 0 Å². The molecule has 0 saturated heterocycles. The number of para-hydroxylation sites is 2. The topological polar surface area (TPSA) is 18.5 Å². The molecule has 0 radical (unpaired) electrons. The van der Waals surface area contributed by atoms with Gasteiger partial charge in [-0.05, 0) is 47.2 Å². The largest absolute Gasteiger partial charge is 0.493 e. The number of benzene rings is 2. The molecule has 3 rings (SSSR count). The van der Waals surface area contributed by atoms with Crippen molar-refractivity contribution in [1.82, 2.24) is 0 Å². The van der Waals surface area contributed by atoms with E-state index in [0.29, 0.717) is 12.5 Å². The van der Waals surface area contributed by atoms with Gasteiger partial charge in [-0.15, -0.1) is 0 Å². The van der Waals surface area contributed by atoms with Crippen LogP contribution in [0.5, 0.6) is 11.5 Å². The summed E-state index contributed by atoms with van der Waals surface area (Å²) < 4.78 is 12.8. The van der Waals surface area contributed by atoms with Gasteiger partial charge >= 0.3 is 0 Å². The van der Waals surface area contributed by atoms with Gasteiger partial charge in [0.2, 0.25) is 0 Å². The van der Waals surface area contributed by atoms with Crippen molar-refractivity contribution in [3.63, 3.8) is 0 Å². The Kier molecular flexibility index (Phi) is 3.92. The standard InChI is InChI=1S/C16H15IO2/c17-14-6-2-4-8-16(14)19-11-12-9-10-18-15-7-3-1-5-13(12)15/h1-8,12H,9-11H2. The lowest BCUT2D eigenvalue weighted by molar-refractivity contribution is 0.217. The first-order valence-electron chi connectivity index (χ1n) is 6.43. The van der Waals surface area contributed by atoms with Gasteiger partial charge in [0.15, 0.2) is 0 Å². The Morgan fingerprint density at radius 1 is 1.11 bits per heavy atom. The quantitative estimate of drug-likeness (QED) is 0.757. The van der Waals surface area contributed by atoms with Crippen LogP contribution < -0.4 is 9.47 Å². The van der Waals surface area contributed by atoms with E-state index in [2.05, 4.69) is 40.8 Å². The molecule has 0 spiro atoms. The molecule has 2 nitrogen and oxygen atoms in total. The third-order valence-electron chi connectivity index (χ3n) is 3.36. The Bertz CT molecular complexity index is 568. The van der Waals surface area contributed by atoms with Crippen LogP contribution in [0, 0.1) is 3.57 Å². The van der Waals surface area contributed by atoms with Gasteiger partial charge in [0.05, 0.1) is 16.8 Å². The van der Waals surface area contributed by atoms with Crippen LogP contribution >= 0.6 is 22.6 Å². The molecule has 0 N–H and O–H groups in total. The predicted molar refractivity (Wildman–Crippen MR) is 83.9 cm³/mol. The maximum absolute atomic E-state index is 5.97. The molecule has 19 heavy (non-hydrogen) atoms. The molecule has 1 atom stereocenters. The van der Waals surface area contributed by atoms with E-state index in [4.69, 9.17) is 9.47 Å². The summed E-state index contributed by atoms with van der Waals surface area (Å²) in [6.45, 7) is 1.48. The van der Waals surface area contributed by atoms with E-state index in [1.165, 1.54) is 5.56 Å². The smallest absolute Gasteiger partial charge is 0.132 e. The van der Waals surface area contributed by atoms with E-state index in [1.807, 2.05) is 30.3 Å². The summed E-state index contributed by atoms with van der Waals surface area (Å²) in [4.78, 5) is 0. The highest BCUT2D eigenvalue weighted by Gasteiger charge is 2.21. The molecule has 1 aliphatic heterocycles. The first-order valence-corrected chi connectivity index (χ1v) is 7.51. The van der Waals surface area contributed by atoms with Crippen LogP contribution in [0.3, 0.4) is 0 Å². The fourth-order valence-corrected chi connectivity index (χ4v) is 2.88. The van der Waals surface area contributed by atoms with E-state index in [-0.39, 0.29) is 0 Å². The molecule has 0 bridgehead atoms. The van der Waals surface area contributed by atoms with E-state index >= 15 is 0 Å². The van der Waals surface area contributed by atoms with E-state index < -0.39 is 0 Å². The zero-order valence-electron chi connectivity index (χ0n) is 10.5. The maximum Gasteiger partial charge on any atom is 0.132 e. The monoisotopic (exact) mass is 366 g/mol. The van der Waals surface area contributed by atoms with Gasteiger partial charge in [0.1, 0.15) is 11.5 Å². The lowest BCUT2D eigenvalue weighted by Gasteiger charge is -2.26. The second-order valence-corrected chi connectivity index (χ2v) is 5.78. The van der Waals surface area contributed by atoms with Crippen molar-refractivity contribution in [2.45, 2.75) is 12.3 Å². The van der Waals surface area contributed by atoms with Crippen molar-refractivity contribution in [2.75, 3.05) is 13.2 Å². The highest BCUT2D eigenvalue weighted by Crippen LogP contribution is 2.34. The summed E-state index contributed by atoms with van der Waals surface area (Å²) >= 11 is 2.30. The number of halogens is 1. The Hall–Kier alpha value is -1.23. The second kappa shape index (κ2) is 5.82. The fraction of sp³-hybridized carbons (Fsp3) is 0.250. The summed E-state index contributed by atoms with van der Waals surface area (Å²) in [6.07, 6.45) is 1.01. The first kappa shape index (κ1) is 12.8. The minimum atomic E-state index is 0.418. The van der Waals surface area contributed by atoms with E-state index in [9.17, 15) is 0 Å². The molecule has 0 aromatic heterocycles. The van der Waals surface area contributed by atoms with E-state index in [0.717, 1.165) is 28.1 Å². The molecule has 1 heterocycles. The lowest BCUT2D eigenvalue weighted by Crippen LogP contribution is -2.19. The molecule has 0 aliphatic carbocycles.